The normalized spacial score (nSPS) is 34.0. The fourth-order valence-electron chi connectivity index (χ4n) is 3.44. The Bertz CT molecular complexity index is 319. The molecule has 2 atom stereocenters. The second kappa shape index (κ2) is 7.55. The molecule has 0 heterocycles. The van der Waals surface area contributed by atoms with Gasteiger partial charge in [-0.2, -0.15) is 11.8 Å². The quantitative estimate of drug-likeness (QED) is 0.838. The van der Waals surface area contributed by atoms with Crippen LogP contribution < -0.4 is 5.32 Å². The van der Waals surface area contributed by atoms with E-state index in [9.17, 15) is 4.79 Å². The molecule has 0 aromatic carbocycles. The first-order valence-corrected chi connectivity index (χ1v) is 9.09. The van der Waals surface area contributed by atoms with E-state index in [2.05, 4.69) is 11.6 Å². The third-order valence-electron chi connectivity index (χ3n) is 4.99. The predicted octanol–water partition coefficient (Wildman–Crippen LogP) is 2.46. The van der Waals surface area contributed by atoms with E-state index in [1.807, 2.05) is 23.7 Å². The summed E-state index contributed by atoms with van der Waals surface area (Å²) in [7, 11) is 1.92. The number of nitrogens with one attached hydrogen (secondary N) is 1. The number of aliphatic hydroxyl groups excluding tert-OH is 1. The third kappa shape index (κ3) is 4.04. The highest BCUT2D eigenvalue weighted by Crippen LogP contribution is 2.29. The van der Waals surface area contributed by atoms with E-state index in [1.54, 1.807) is 0 Å². The maximum atomic E-state index is 12.3. The summed E-state index contributed by atoms with van der Waals surface area (Å²) < 4.78 is 0. The Hall–Kier alpha value is -0.420. The molecule has 2 saturated carbocycles. The molecular formula is C15H28N2O2S. The van der Waals surface area contributed by atoms with Crippen molar-refractivity contribution in [3.05, 3.63) is 0 Å². The smallest absolute Gasteiger partial charge is 0.317 e. The van der Waals surface area contributed by atoms with Crippen LogP contribution in [0.15, 0.2) is 0 Å². The van der Waals surface area contributed by atoms with Crippen LogP contribution in [0, 0.1) is 5.92 Å². The average Bonchev–Trinajstić information content (AvgIpc) is 2.94. The van der Waals surface area contributed by atoms with Gasteiger partial charge in [0, 0.05) is 31.0 Å². The first-order chi connectivity index (χ1) is 9.63. The number of nitrogens with zero attached hydrogens (tertiary/aromatic N) is 1. The molecule has 0 saturated heterocycles. The zero-order valence-corrected chi connectivity index (χ0v) is 13.5. The topological polar surface area (TPSA) is 52.6 Å². The molecule has 2 rings (SSSR count). The highest BCUT2D eigenvalue weighted by molar-refractivity contribution is 7.99. The van der Waals surface area contributed by atoms with Crippen molar-refractivity contribution in [2.24, 2.45) is 5.92 Å². The van der Waals surface area contributed by atoms with Crippen molar-refractivity contribution in [2.75, 3.05) is 19.9 Å². The molecule has 4 nitrogen and oxygen atoms in total. The lowest BCUT2D eigenvalue weighted by molar-refractivity contribution is 0.132. The molecule has 0 radical (unpaired) electrons. The Balaban J connectivity index is 1.75. The molecule has 0 spiro atoms. The van der Waals surface area contributed by atoms with Gasteiger partial charge in [0.15, 0.2) is 0 Å². The van der Waals surface area contributed by atoms with Gasteiger partial charge in [-0.05, 0) is 57.1 Å². The van der Waals surface area contributed by atoms with Gasteiger partial charge in [0.25, 0.3) is 0 Å². The number of rotatable bonds is 4. The van der Waals surface area contributed by atoms with E-state index in [0.717, 1.165) is 38.5 Å². The lowest BCUT2D eigenvalue weighted by atomic mass is 9.86. The van der Waals surface area contributed by atoms with Crippen LogP contribution in [0.2, 0.25) is 0 Å². The zero-order chi connectivity index (χ0) is 14.5. The van der Waals surface area contributed by atoms with Crippen molar-refractivity contribution in [3.63, 3.8) is 0 Å². The number of carbonyl (C=O) groups is 1. The Labute approximate surface area is 126 Å². The van der Waals surface area contributed by atoms with Crippen LogP contribution in [0.4, 0.5) is 4.79 Å². The highest BCUT2D eigenvalue weighted by Gasteiger charge is 2.29. The summed E-state index contributed by atoms with van der Waals surface area (Å²) >= 11 is 1.91. The summed E-state index contributed by atoms with van der Waals surface area (Å²) in [5.74, 6) is 0.444. The number of carbonyl (C=O) groups excluding carboxylic acids is 1. The molecule has 116 valence electrons. The summed E-state index contributed by atoms with van der Waals surface area (Å²) in [4.78, 5) is 14.2. The van der Waals surface area contributed by atoms with Crippen molar-refractivity contribution >= 4 is 17.8 Å². The standard InChI is InChI=1S/C15H28N2O2S/c1-17(13-6-3-11(10-18)4-7-13)15(19)16-12-5-8-14(9-12)20-2/h11-14,18H,3-10H2,1-2H3,(H,16,19). The van der Waals surface area contributed by atoms with E-state index in [-0.39, 0.29) is 6.03 Å². The van der Waals surface area contributed by atoms with Crippen molar-refractivity contribution < 1.29 is 9.90 Å². The molecule has 0 aliphatic heterocycles. The minimum atomic E-state index is 0.0872. The minimum absolute atomic E-state index is 0.0872. The van der Waals surface area contributed by atoms with Crippen molar-refractivity contribution in [3.8, 4) is 0 Å². The van der Waals surface area contributed by atoms with Crippen LogP contribution in [0.5, 0.6) is 0 Å². The molecule has 0 bridgehead atoms. The summed E-state index contributed by atoms with van der Waals surface area (Å²) in [5, 5.41) is 13.1. The van der Waals surface area contributed by atoms with Gasteiger partial charge in [-0.3, -0.25) is 0 Å². The van der Waals surface area contributed by atoms with E-state index in [4.69, 9.17) is 5.11 Å². The van der Waals surface area contributed by atoms with Crippen LogP contribution in [0.1, 0.15) is 44.9 Å². The second-order valence-corrected chi connectivity index (χ2v) is 7.42. The van der Waals surface area contributed by atoms with Gasteiger partial charge in [0.05, 0.1) is 0 Å². The number of aliphatic hydroxyl groups is 1. The average molecular weight is 300 g/mol. The van der Waals surface area contributed by atoms with E-state index >= 15 is 0 Å². The summed E-state index contributed by atoms with van der Waals surface area (Å²) in [5.41, 5.74) is 0. The lowest BCUT2D eigenvalue weighted by Gasteiger charge is -2.34. The first kappa shape index (κ1) is 16.0. The van der Waals surface area contributed by atoms with Gasteiger partial charge in [-0.25, -0.2) is 4.79 Å². The third-order valence-corrected chi connectivity index (χ3v) is 6.08. The van der Waals surface area contributed by atoms with E-state index in [1.165, 1.54) is 6.42 Å². The Morgan fingerprint density at radius 3 is 2.50 bits per heavy atom. The Kier molecular flexibility index (Phi) is 6.02. The molecule has 2 aliphatic carbocycles. The molecule has 5 heteroatoms. The molecule has 2 unspecified atom stereocenters. The van der Waals surface area contributed by atoms with Crippen molar-refractivity contribution in [1.29, 1.82) is 0 Å². The van der Waals surface area contributed by atoms with Gasteiger partial charge in [-0.1, -0.05) is 0 Å². The molecule has 2 N–H and O–H groups in total. The number of hydrogen-bond donors (Lipinski definition) is 2. The van der Waals surface area contributed by atoms with Crippen LogP contribution in [0.25, 0.3) is 0 Å². The molecule has 0 aromatic heterocycles. The lowest BCUT2D eigenvalue weighted by Crippen LogP contribution is -2.47. The van der Waals surface area contributed by atoms with Crippen LogP contribution in [-0.4, -0.2) is 53.3 Å². The number of amides is 2. The van der Waals surface area contributed by atoms with Crippen molar-refractivity contribution in [1.82, 2.24) is 10.2 Å². The molecule has 0 aromatic rings. The highest BCUT2D eigenvalue weighted by atomic mass is 32.2. The van der Waals surface area contributed by atoms with Gasteiger partial charge >= 0.3 is 6.03 Å². The monoisotopic (exact) mass is 300 g/mol. The van der Waals surface area contributed by atoms with Crippen LogP contribution in [0.3, 0.4) is 0 Å². The molecule has 20 heavy (non-hydrogen) atoms. The van der Waals surface area contributed by atoms with Crippen molar-refractivity contribution in [2.45, 2.75) is 62.3 Å². The fourth-order valence-corrected chi connectivity index (χ4v) is 4.24. The minimum Gasteiger partial charge on any atom is -0.396 e. The first-order valence-electron chi connectivity index (χ1n) is 7.81. The van der Waals surface area contributed by atoms with Crippen LogP contribution >= 0.6 is 11.8 Å². The molecular weight excluding hydrogens is 272 g/mol. The summed E-state index contributed by atoms with van der Waals surface area (Å²) in [6, 6.07) is 0.788. The molecule has 2 aliphatic rings. The molecule has 2 amide bonds. The predicted molar refractivity (Wildman–Crippen MR) is 84.1 cm³/mol. The Morgan fingerprint density at radius 1 is 1.25 bits per heavy atom. The SMILES string of the molecule is CSC1CCC(NC(=O)N(C)C2CCC(CO)CC2)C1. The fraction of sp³-hybridized carbons (Fsp3) is 0.933. The Morgan fingerprint density at radius 2 is 1.95 bits per heavy atom. The number of hydrogen-bond acceptors (Lipinski definition) is 3. The number of thioether (sulfide) groups is 1. The molecule has 2 fully saturated rings. The van der Waals surface area contributed by atoms with Crippen LogP contribution in [-0.2, 0) is 0 Å². The maximum absolute atomic E-state index is 12.3. The number of urea groups is 1. The maximum Gasteiger partial charge on any atom is 0.317 e. The van der Waals surface area contributed by atoms with Gasteiger partial charge < -0.3 is 15.3 Å². The van der Waals surface area contributed by atoms with Gasteiger partial charge in [0.2, 0.25) is 0 Å². The van der Waals surface area contributed by atoms with E-state index in [0.29, 0.717) is 29.9 Å². The zero-order valence-electron chi connectivity index (χ0n) is 12.7. The van der Waals surface area contributed by atoms with Gasteiger partial charge in [0.1, 0.15) is 0 Å². The second-order valence-electron chi connectivity index (χ2n) is 6.29. The largest absolute Gasteiger partial charge is 0.396 e. The van der Waals surface area contributed by atoms with Gasteiger partial charge in [-0.15, -0.1) is 0 Å². The summed E-state index contributed by atoms with van der Waals surface area (Å²) in [6.45, 7) is 0.292. The van der Waals surface area contributed by atoms with E-state index < -0.39 is 0 Å². The summed E-state index contributed by atoms with van der Waals surface area (Å²) in [6.07, 6.45) is 9.71.